The molecular formula is C13H15ClO5S. The van der Waals surface area contributed by atoms with Crippen LogP contribution in [0.15, 0.2) is 23.1 Å². The Morgan fingerprint density at radius 1 is 1.30 bits per heavy atom. The molecule has 0 spiro atoms. The van der Waals surface area contributed by atoms with Gasteiger partial charge >= 0.3 is 5.97 Å². The van der Waals surface area contributed by atoms with E-state index in [0.717, 1.165) is 0 Å². The second kappa shape index (κ2) is 6.11. The summed E-state index contributed by atoms with van der Waals surface area (Å²) in [7, 11) is 1.43. The van der Waals surface area contributed by atoms with Gasteiger partial charge < -0.3 is 9.47 Å². The van der Waals surface area contributed by atoms with E-state index in [1.54, 1.807) is 13.0 Å². The third kappa shape index (κ3) is 3.94. The predicted octanol–water partition coefficient (Wildman–Crippen LogP) is 2.26. The topological polar surface area (TPSA) is 69.7 Å². The Labute approximate surface area is 122 Å². The number of carbonyl (C=O) groups is 1. The smallest absolute Gasteiger partial charge is 0.338 e. The summed E-state index contributed by atoms with van der Waals surface area (Å²) in [5.74, 6) is -0.540. The Morgan fingerprint density at radius 2 is 1.95 bits per heavy atom. The molecule has 1 aromatic carbocycles. The molecule has 1 saturated heterocycles. The van der Waals surface area contributed by atoms with Crippen molar-refractivity contribution in [3.63, 3.8) is 0 Å². The van der Waals surface area contributed by atoms with Crippen molar-refractivity contribution in [2.24, 2.45) is 0 Å². The number of ether oxygens (including phenoxy) is 2. The van der Waals surface area contributed by atoms with Crippen LogP contribution in [0.4, 0.5) is 0 Å². The van der Waals surface area contributed by atoms with Gasteiger partial charge in [0.2, 0.25) is 0 Å². The van der Waals surface area contributed by atoms with Gasteiger partial charge in [-0.05, 0) is 30.7 Å². The van der Waals surface area contributed by atoms with Gasteiger partial charge in [0, 0.05) is 23.5 Å². The number of rotatable bonds is 3. The van der Waals surface area contributed by atoms with Crippen molar-refractivity contribution in [1.29, 1.82) is 0 Å². The summed E-state index contributed by atoms with van der Waals surface area (Å²) in [5, 5.41) is 0. The third-order valence-electron chi connectivity index (χ3n) is 3.01. The molecule has 0 atom stereocenters. The first-order valence-corrected chi connectivity index (χ1v) is 8.52. The monoisotopic (exact) mass is 318 g/mol. The number of hydrogen-bond donors (Lipinski definition) is 0. The summed E-state index contributed by atoms with van der Waals surface area (Å²) in [5.41, 5.74) is 0.821. The van der Waals surface area contributed by atoms with Crippen molar-refractivity contribution < 1.29 is 22.7 Å². The minimum Gasteiger partial charge on any atom is -0.459 e. The summed E-state index contributed by atoms with van der Waals surface area (Å²) in [6, 6.07) is 4.22. The number of aryl methyl sites for hydroxylation is 1. The molecule has 0 bridgehead atoms. The molecule has 1 aliphatic rings. The molecule has 20 heavy (non-hydrogen) atoms. The molecule has 0 saturated carbocycles. The first-order valence-electron chi connectivity index (χ1n) is 6.21. The molecule has 0 N–H and O–H groups in total. The molecule has 0 radical (unpaired) electrons. The standard InChI is InChI=1S/C13H15ClO5S/c1-9-6-10(8-12(7-9)20(14,16)17)13(15)19-11-2-4-18-5-3-11/h6-8,11H,2-5H2,1H3. The maximum Gasteiger partial charge on any atom is 0.338 e. The lowest BCUT2D eigenvalue weighted by Gasteiger charge is -2.22. The Balaban J connectivity index is 2.19. The van der Waals surface area contributed by atoms with Gasteiger partial charge in [-0.3, -0.25) is 0 Å². The lowest BCUT2D eigenvalue weighted by molar-refractivity contribution is -0.0159. The first kappa shape index (κ1) is 15.3. The van der Waals surface area contributed by atoms with Crippen LogP contribution in [0.25, 0.3) is 0 Å². The zero-order chi connectivity index (χ0) is 14.8. The van der Waals surface area contributed by atoms with Gasteiger partial charge in [-0.15, -0.1) is 0 Å². The van der Waals surface area contributed by atoms with Crippen molar-refractivity contribution in [3.8, 4) is 0 Å². The summed E-state index contributed by atoms with van der Waals surface area (Å²) in [4.78, 5) is 11.9. The van der Waals surface area contributed by atoms with Gasteiger partial charge in [0.15, 0.2) is 0 Å². The molecule has 0 aromatic heterocycles. The molecular weight excluding hydrogens is 304 g/mol. The number of carbonyl (C=O) groups excluding carboxylic acids is 1. The average molecular weight is 319 g/mol. The van der Waals surface area contributed by atoms with Crippen LogP contribution in [0.1, 0.15) is 28.8 Å². The van der Waals surface area contributed by atoms with Crippen molar-refractivity contribution in [2.75, 3.05) is 13.2 Å². The molecule has 0 unspecified atom stereocenters. The van der Waals surface area contributed by atoms with Crippen LogP contribution in [-0.2, 0) is 18.5 Å². The number of hydrogen-bond acceptors (Lipinski definition) is 5. The summed E-state index contributed by atoms with van der Waals surface area (Å²) >= 11 is 0. The van der Waals surface area contributed by atoms with E-state index < -0.39 is 15.0 Å². The van der Waals surface area contributed by atoms with Gasteiger partial charge in [0.25, 0.3) is 9.05 Å². The van der Waals surface area contributed by atoms with Crippen molar-refractivity contribution in [3.05, 3.63) is 29.3 Å². The summed E-state index contributed by atoms with van der Waals surface area (Å²) < 4.78 is 33.2. The largest absolute Gasteiger partial charge is 0.459 e. The minimum atomic E-state index is -3.87. The maximum absolute atomic E-state index is 12.0. The second-order valence-corrected chi connectivity index (χ2v) is 7.26. The van der Waals surface area contributed by atoms with Gasteiger partial charge in [0.1, 0.15) is 6.10 Å². The molecule has 1 aromatic rings. The third-order valence-corrected chi connectivity index (χ3v) is 4.34. The Bertz CT molecular complexity index is 605. The van der Waals surface area contributed by atoms with Crippen LogP contribution in [0, 0.1) is 6.92 Å². The number of esters is 1. The number of benzene rings is 1. The zero-order valence-corrected chi connectivity index (χ0v) is 12.5. The van der Waals surface area contributed by atoms with Crippen molar-refractivity contribution in [1.82, 2.24) is 0 Å². The fourth-order valence-corrected chi connectivity index (χ4v) is 2.88. The number of halogens is 1. The minimum absolute atomic E-state index is 0.0990. The average Bonchev–Trinajstić information content (AvgIpc) is 2.38. The van der Waals surface area contributed by atoms with Gasteiger partial charge in [0.05, 0.1) is 23.7 Å². The van der Waals surface area contributed by atoms with Crippen LogP contribution in [-0.4, -0.2) is 33.7 Å². The van der Waals surface area contributed by atoms with Crippen LogP contribution >= 0.6 is 10.7 Å². The van der Waals surface area contributed by atoms with Crippen LogP contribution < -0.4 is 0 Å². The molecule has 1 heterocycles. The van der Waals surface area contributed by atoms with Gasteiger partial charge in [-0.25, -0.2) is 13.2 Å². The van der Waals surface area contributed by atoms with Gasteiger partial charge in [-0.1, -0.05) is 0 Å². The van der Waals surface area contributed by atoms with E-state index in [-0.39, 0.29) is 16.6 Å². The highest BCUT2D eigenvalue weighted by atomic mass is 35.7. The Kier molecular flexibility index (Phi) is 4.67. The predicted molar refractivity (Wildman–Crippen MR) is 73.5 cm³/mol. The summed E-state index contributed by atoms with van der Waals surface area (Å²) in [6.45, 7) is 2.82. The van der Waals surface area contributed by atoms with Crippen LogP contribution in [0.3, 0.4) is 0 Å². The van der Waals surface area contributed by atoms with E-state index in [1.807, 2.05) is 0 Å². The molecule has 7 heteroatoms. The zero-order valence-electron chi connectivity index (χ0n) is 11.0. The molecule has 110 valence electrons. The van der Waals surface area contributed by atoms with E-state index >= 15 is 0 Å². The van der Waals surface area contributed by atoms with E-state index in [9.17, 15) is 13.2 Å². The molecule has 0 amide bonds. The van der Waals surface area contributed by atoms with E-state index in [1.165, 1.54) is 12.1 Å². The quantitative estimate of drug-likeness (QED) is 0.631. The summed E-state index contributed by atoms with van der Waals surface area (Å²) in [6.07, 6.45) is 1.11. The molecule has 2 rings (SSSR count). The van der Waals surface area contributed by atoms with Crippen LogP contribution in [0.5, 0.6) is 0 Å². The Hall–Kier alpha value is -1.11. The second-order valence-electron chi connectivity index (χ2n) is 4.69. The van der Waals surface area contributed by atoms with Crippen molar-refractivity contribution >= 4 is 25.7 Å². The SMILES string of the molecule is Cc1cc(C(=O)OC2CCOCC2)cc(S(=O)(=O)Cl)c1. The molecule has 0 aliphatic carbocycles. The van der Waals surface area contributed by atoms with E-state index in [0.29, 0.717) is 31.6 Å². The fraction of sp³-hybridized carbons (Fsp3) is 0.462. The normalized spacial score (nSPS) is 16.9. The maximum atomic E-state index is 12.0. The fourth-order valence-electron chi connectivity index (χ4n) is 2.02. The lowest BCUT2D eigenvalue weighted by Crippen LogP contribution is -2.26. The highest BCUT2D eigenvalue weighted by Crippen LogP contribution is 2.20. The highest BCUT2D eigenvalue weighted by Gasteiger charge is 2.21. The molecule has 5 nitrogen and oxygen atoms in total. The first-order chi connectivity index (χ1) is 9.36. The van der Waals surface area contributed by atoms with Crippen molar-refractivity contribution in [2.45, 2.75) is 30.8 Å². The van der Waals surface area contributed by atoms with E-state index in [4.69, 9.17) is 20.2 Å². The van der Waals surface area contributed by atoms with E-state index in [2.05, 4.69) is 0 Å². The Morgan fingerprint density at radius 3 is 2.55 bits per heavy atom. The lowest BCUT2D eigenvalue weighted by atomic mass is 10.1. The highest BCUT2D eigenvalue weighted by molar-refractivity contribution is 8.13. The molecule has 1 fully saturated rings. The van der Waals surface area contributed by atoms with Gasteiger partial charge in [-0.2, -0.15) is 0 Å². The van der Waals surface area contributed by atoms with Crippen LogP contribution in [0.2, 0.25) is 0 Å². The molecule has 1 aliphatic heterocycles.